The van der Waals surface area contributed by atoms with Crippen LogP contribution < -0.4 is 10.6 Å². The zero-order valence-electron chi connectivity index (χ0n) is 26.6. The monoisotopic (exact) mass is 564 g/mol. The minimum absolute atomic E-state index is 0. The molecule has 4 fully saturated rings. The smallest absolute Gasteiger partial charge is 0.106 e. The Labute approximate surface area is 248 Å². The van der Waals surface area contributed by atoms with Crippen LogP contribution in [0.15, 0.2) is 29.3 Å². The van der Waals surface area contributed by atoms with Gasteiger partial charge in [-0.3, -0.25) is 9.38 Å². The lowest BCUT2D eigenvalue weighted by Gasteiger charge is -2.57. The Morgan fingerprint density at radius 3 is 2.38 bits per heavy atom. The molecule has 0 radical (unpaired) electrons. The van der Waals surface area contributed by atoms with Crippen LogP contribution >= 0.6 is 0 Å². The van der Waals surface area contributed by atoms with Crippen molar-refractivity contribution in [2.75, 3.05) is 34.4 Å². The van der Waals surface area contributed by atoms with Crippen molar-refractivity contribution in [3.8, 4) is 0 Å². The molecule has 5 heteroatoms. The first-order valence-electron chi connectivity index (χ1n) is 15.7. The summed E-state index contributed by atoms with van der Waals surface area (Å²) >= 11 is 0. The quantitative estimate of drug-likeness (QED) is 0.230. The number of nitrogens with zero attached hydrogens (tertiary/aromatic N) is 1. The van der Waals surface area contributed by atoms with E-state index in [0.29, 0.717) is 18.0 Å². The maximum atomic E-state index is 9.50. The first kappa shape index (κ1) is 38.7. The highest BCUT2D eigenvalue weighted by Gasteiger charge is 2.58. The number of aliphatic imine (C=N–C) groups is 1. The van der Waals surface area contributed by atoms with Gasteiger partial charge in [0.15, 0.2) is 0 Å². The van der Waals surface area contributed by atoms with Crippen LogP contribution in [0.4, 0.5) is 4.39 Å². The third-order valence-electron chi connectivity index (χ3n) is 10.6. The van der Waals surface area contributed by atoms with Crippen molar-refractivity contribution in [1.82, 2.24) is 10.6 Å². The molecule has 4 aliphatic rings. The molecular formula is C35H66FN3O. The van der Waals surface area contributed by atoms with Crippen LogP contribution in [0.2, 0.25) is 0 Å². The first-order chi connectivity index (χ1) is 18.9. The molecule has 1 saturated heterocycles. The fraction of sp³-hybridized carbons (Fsp3) is 0.829. The van der Waals surface area contributed by atoms with Crippen molar-refractivity contribution >= 4 is 12.5 Å². The van der Waals surface area contributed by atoms with E-state index in [9.17, 15) is 4.39 Å². The second kappa shape index (κ2) is 19.7. The average Bonchev–Trinajstić information content (AvgIpc) is 3.59. The standard InChI is InChI=1S/C30H50N2.C2H7N.CH3F.CH2O.CH4/c1-6-10-23-13-14-25-27-16-15-26(22(3)31-20-8-11-24-12-9-21-32-24)30(27,5)19-17-28(25)29(23,4)18-7-2;1-3-2;2*1-2;/h6,10,24-28,32H,1,7-9,11-21H2,2-5H3;3H,1-2H3;1H3;1H2;1H4/b23-10-,31-22?;;;;. The fourth-order valence-corrected chi connectivity index (χ4v) is 9.00. The molecule has 7 atom stereocenters. The Kier molecular flexibility index (Phi) is 19.1. The number of hydrogen-bond acceptors (Lipinski definition) is 4. The molecule has 4 nitrogen and oxygen atoms in total. The van der Waals surface area contributed by atoms with Gasteiger partial charge in [-0.25, -0.2) is 0 Å². The minimum atomic E-state index is 0. The maximum absolute atomic E-state index is 9.50. The van der Waals surface area contributed by atoms with Crippen LogP contribution in [0.25, 0.3) is 0 Å². The highest BCUT2D eigenvalue weighted by atomic mass is 19.1. The van der Waals surface area contributed by atoms with Crippen molar-refractivity contribution in [3.05, 3.63) is 24.3 Å². The van der Waals surface area contributed by atoms with Gasteiger partial charge >= 0.3 is 0 Å². The lowest BCUT2D eigenvalue weighted by atomic mass is 9.47. The number of carbonyl (C=O) groups excluding carboxylic acids is 1. The van der Waals surface area contributed by atoms with Gasteiger partial charge in [0, 0.05) is 24.2 Å². The molecule has 0 amide bonds. The summed E-state index contributed by atoms with van der Waals surface area (Å²) in [5, 5.41) is 6.39. The number of rotatable bonds is 8. The lowest BCUT2D eigenvalue weighted by molar-refractivity contribution is -0.0980. The van der Waals surface area contributed by atoms with E-state index in [1.54, 1.807) is 5.57 Å². The molecule has 0 aromatic carbocycles. The molecule has 3 aliphatic carbocycles. The predicted octanol–water partition coefficient (Wildman–Crippen LogP) is 8.62. The average molecular weight is 564 g/mol. The molecule has 234 valence electrons. The Balaban J connectivity index is 0.00000175. The van der Waals surface area contributed by atoms with Crippen molar-refractivity contribution in [1.29, 1.82) is 0 Å². The minimum Gasteiger partial charge on any atom is -0.323 e. The molecule has 2 N–H and O–H groups in total. The van der Waals surface area contributed by atoms with Crippen molar-refractivity contribution in [3.63, 3.8) is 0 Å². The third kappa shape index (κ3) is 9.08. The molecule has 3 saturated carbocycles. The van der Waals surface area contributed by atoms with E-state index in [-0.39, 0.29) is 7.43 Å². The molecule has 0 aromatic heterocycles. The molecule has 7 unspecified atom stereocenters. The number of alkyl halides is 1. The largest absolute Gasteiger partial charge is 0.323 e. The summed E-state index contributed by atoms with van der Waals surface area (Å²) in [5.74, 6) is 3.41. The topological polar surface area (TPSA) is 53.5 Å². The maximum Gasteiger partial charge on any atom is 0.106 e. The molecule has 40 heavy (non-hydrogen) atoms. The highest BCUT2D eigenvalue weighted by Crippen LogP contribution is 2.66. The third-order valence-corrected chi connectivity index (χ3v) is 10.6. The molecule has 0 spiro atoms. The number of carbonyl (C=O) groups is 1. The normalized spacial score (nSPS) is 35.4. The Morgan fingerprint density at radius 2 is 1.80 bits per heavy atom. The number of nitrogens with one attached hydrogen (secondary N) is 2. The zero-order valence-corrected chi connectivity index (χ0v) is 26.6. The van der Waals surface area contributed by atoms with Gasteiger partial charge in [0.1, 0.15) is 6.79 Å². The predicted molar refractivity (Wildman–Crippen MR) is 175 cm³/mol. The summed E-state index contributed by atoms with van der Waals surface area (Å²) in [6.45, 7) is 18.3. The van der Waals surface area contributed by atoms with Crippen LogP contribution in [0.1, 0.15) is 112 Å². The molecular weight excluding hydrogens is 497 g/mol. The van der Waals surface area contributed by atoms with Gasteiger partial charge in [0.25, 0.3) is 0 Å². The van der Waals surface area contributed by atoms with Gasteiger partial charge < -0.3 is 15.4 Å². The van der Waals surface area contributed by atoms with Gasteiger partial charge in [-0.15, -0.1) is 0 Å². The van der Waals surface area contributed by atoms with E-state index in [1.807, 2.05) is 27.0 Å². The van der Waals surface area contributed by atoms with Crippen LogP contribution in [0, 0.1) is 34.5 Å². The van der Waals surface area contributed by atoms with Crippen LogP contribution in [-0.2, 0) is 4.79 Å². The second-order valence-electron chi connectivity index (χ2n) is 12.6. The Bertz CT molecular complexity index is 762. The Morgan fingerprint density at radius 1 is 1.12 bits per heavy atom. The number of hydrogen-bond donors (Lipinski definition) is 2. The number of allylic oxidation sites excluding steroid dienone is 3. The summed E-state index contributed by atoms with van der Waals surface area (Å²) in [4.78, 5) is 13.2. The van der Waals surface area contributed by atoms with Gasteiger partial charge in [-0.1, -0.05) is 58.9 Å². The summed E-state index contributed by atoms with van der Waals surface area (Å²) in [7, 11) is 4.25. The van der Waals surface area contributed by atoms with E-state index in [2.05, 4.69) is 51.0 Å². The summed E-state index contributed by atoms with van der Waals surface area (Å²) < 4.78 is 9.50. The molecule has 4 rings (SSSR count). The molecule has 1 heterocycles. The van der Waals surface area contributed by atoms with Gasteiger partial charge in [-0.05, 0) is 127 Å². The number of halogens is 1. The van der Waals surface area contributed by atoms with E-state index in [0.717, 1.165) is 36.3 Å². The lowest BCUT2D eigenvalue weighted by Crippen LogP contribution is -2.50. The summed E-state index contributed by atoms with van der Waals surface area (Å²) in [5.41, 5.74) is 4.05. The van der Waals surface area contributed by atoms with Gasteiger partial charge in [0.05, 0.1) is 7.18 Å². The van der Waals surface area contributed by atoms with E-state index in [4.69, 9.17) is 9.79 Å². The van der Waals surface area contributed by atoms with Crippen LogP contribution in [-0.4, -0.2) is 52.9 Å². The summed E-state index contributed by atoms with van der Waals surface area (Å²) in [6.07, 6.45) is 20.7. The van der Waals surface area contributed by atoms with Gasteiger partial charge in [-0.2, -0.15) is 0 Å². The Hall–Kier alpha value is -1.33. The van der Waals surface area contributed by atoms with Crippen molar-refractivity contribution < 1.29 is 9.18 Å². The fourth-order valence-electron chi connectivity index (χ4n) is 9.00. The molecule has 0 aromatic rings. The van der Waals surface area contributed by atoms with E-state index in [1.165, 1.54) is 89.3 Å². The van der Waals surface area contributed by atoms with Crippen LogP contribution in [0.3, 0.4) is 0 Å². The second-order valence-corrected chi connectivity index (χ2v) is 12.6. The van der Waals surface area contributed by atoms with Crippen molar-refractivity contribution in [2.45, 2.75) is 118 Å². The molecule has 0 bridgehead atoms. The van der Waals surface area contributed by atoms with Crippen LogP contribution in [0.5, 0.6) is 0 Å². The zero-order chi connectivity index (χ0) is 29.5. The SMILES string of the molecule is C.C=C/C=C1/CCC2C(CCC3(C)C(C(C)=NCCCC4CCCN4)CCC23)C1(C)CCC.C=O.CF.CNC. The van der Waals surface area contributed by atoms with Crippen molar-refractivity contribution in [2.24, 2.45) is 39.5 Å². The van der Waals surface area contributed by atoms with E-state index >= 15 is 0 Å². The highest BCUT2D eigenvalue weighted by molar-refractivity contribution is 5.85. The first-order valence-corrected chi connectivity index (χ1v) is 15.7. The van der Waals surface area contributed by atoms with E-state index < -0.39 is 0 Å². The molecule has 1 aliphatic heterocycles. The van der Waals surface area contributed by atoms with Gasteiger partial charge in [0.2, 0.25) is 0 Å². The summed E-state index contributed by atoms with van der Waals surface area (Å²) in [6, 6.07) is 0.762. The number of fused-ring (bicyclic) bond motifs is 3.